The molecule has 1 aromatic rings. The maximum Gasteiger partial charge on any atom is 0.123 e. The smallest absolute Gasteiger partial charge is 0.123 e. The lowest BCUT2D eigenvalue weighted by molar-refractivity contribution is 0.118. The van der Waals surface area contributed by atoms with Gasteiger partial charge < -0.3 is 10.8 Å². The molecule has 1 aliphatic heterocycles. The number of nitrogens with zero attached hydrogens (tertiary/aromatic N) is 1. The second kappa shape index (κ2) is 5.19. The van der Waals surface area contributed by atoms with Crippen molar-refractivity contribution >= 4 is 0 Å². The fraction of sp³-hybridized carbons (Fsp3) is 0.600. The maximum atomic E-state index is 13.0. The van der Waals surface area contributed by atoms with Gasteiger partial charge in [-0.3, -0.25) is 4.90 Å². The highest BCUT2D eigenvalue weighted by Gasteiger charge is 2.43. The molecule has 4 unspecified atom stereocenters. The zero-order valence-electron chi connectivity index (χ0n) is 11.0. The molecule has 1 aromatic carbocycles. The molecule has 0 radical (unpaired) electrons. The number of halogens is 1. The van der Waals surface area contributed by atoms with Gasteiger partial charge in [-0.05, 0) is 36.5 Å². The Morgan fingerprint density at radius 1 is 1.26 bits per heavy atom. The first-order valence-corrected chi connectivity index (χ1v) is 7.06. The van der Waals surface area contributed by atoms with Crippen molar-refractivity contribution in [2.24, 2.45) is 17.6 Å². The van der Waals surface area contributed by atoms with Crippen LogP contribution < -0.4 is 5.73 Å². The summed E-state index contributed by atoms with van der Waals surface area (Å²) in [5.74, 6) is 0.784. The first-order valence-electron chi connectivity index (χ1n) is 7.06. The van der Waals surface area contributed by atoms with E-state index >= 15 is 0 Å². The van der Waals surface area contributed by atoms with Crippen LogP contribution in [0.2, 0.25) is 0 Å². The third kappa shape index (κ3) is 2.40. The lowest BCUT2D eigenvalue weighted by Gasteiger charge is -2.28. The van der Waals surface area contributed by atoms with E-state index in [1.165, 1.54) is 12.1 Å². The van der Waals surface area contributed by atoms with E-state index < -0.39 is 0 Å². The van der Waals surface area contributed by atoms with Gasteiger partial charge in [0.25, 0.3) is 0 Å². The summed E-state index contributed by atoms with van der Waals surface area (Å²) >= 11 is 0. The SMILES string of the molecule is NCC(c1ccc(F)cc1)N1CC2CCC(O)C2C1. The van der Waals surface area contributed by atoms with Crippen molar-refractivity contribution in [2.45, 2.75) is 25.0 Å². The van der Waals surface area contributed by atoms with Gasteiger partial charge in [-0.15, -0.1) is 0 Å². The molecule has 1 saturated heterocycles. The summed E-state index contributed by atoms with van der Waals surface area (Å²) in [7, 11) is 0. The Kier molecular flexibility index (Phi) is 3.56. The van der Waals surface area contributed by atoms with E-state index in [1.807, 2.05) is 12.1 Å². The Hall–Kier alpha value is -0.970. The lowest BCUT2D eigenvalue weighted by atomic mass is 10.00. The summed E-state index contributed by atoms with van der Waals surface area (Å²) in [6.07, 6.45) is 1.90. The molecule has 3 nitrogen and oxygen atoms in total. The molecule has 19 heavy (non-hydrogen) atoms. The molecule has 1 saturated carbocycles. The predicted octanol–water partition coefficient (Wildman–Crippen LogP) is 1.53. The highest BCUT2D eigenvalue weighted by molar-refractivity contribution is 5.21. The van der Waals surface area contributed by atoms with E-state index in [0.29, 0.717) is 18.4 Å². The quantitative estimate of drug-likeness (QED) is 0.870. The van der Waals surface area contributed by atoms with E-state index in [1.54, 1.807) is 0 Å². The molecule has 104 valence electrons. The average molecular weight is 264 g/mol. The Balaban J connectivity index is 1.75. The maximum absolute atomic E-state index is 13.0. The average Bonchev–Trinajstić information content (AvgIpc) is 2.96. The Bertz CT molecular complexity index is 436. The summed E-state index contributed by atoms with van der Waals surface area (Å²) in [6, 6.07) is 6.75. The van der Waals surface area contributed by atoms with E-state index in [0.717, 1.165) is 31.5 Å². The van der Waals surface area contributed by atoms with Crippen molar-refractivity contribution < 1.29 is 9.50 Å². The van der Waals surface area contributed by atoms with E-state index in [4.69, 9.17) is 5.73 Å². The highest BCUT2D eigenvalue weighted by atomic mass is 19.1. The van der Waals surface area contributed by atoms with Crippen molar-refractivity contribution in [3.63, 3.8) is 0 Å². The van der Waals surface area contributed by atoms with Crippen LogP contribution in [0.4, 0.5) is 4.39 Å². The molecule has 4 heteroatoms. The summed E-state index contributed by atoms with van der Waals surface area (Å²) in [6.45, 7) is 2.44. The number of hydrogen-bond donors (Lipinski definition) is 2. The molecule has 1 aliphatic carbocycles. The third-order valence-electron chi connectivity index (χ3n) is 4.77. The molecule has 0 bridgehead atoms. The minimum Gasteiger partial charge on any atom is -0.393 e. The number of hydrogen-bond acceptors (Lipinski definition) is 3. The molecule has 2 aliphatic rings. The topological polar surface area (TPSA) is 49.5 Å². The van der Waals surface area contributed by atoms with Crippen molar-refractivity contribution in [3.8, 4) is 0 Å². The summed E-state index contributed by atoms with van der Waals surface area (Å²) in [5, 5.41) is 9.97. The number of rotatable bonds is 3. The van der Waals surface area contributed by atoms with E-state index in [9.17, 15) is 9.50 Å². The van der Waals surface area contributed by atoms with Gasteiger partial charge in [-0.25, -0.2) is 4.39 Å². The highest BCUT2D eigenvalue weighted by Crippen LogP contribution is 2.40. The van der Waals surface area contributed by atoms with Gasteiger partial charge in [0.2, 0.25) is 0 Å². The molecule has 3 N–H and O–H groups in total. The number of nitrogens with two attached hydrogens (primary N) is 1. The Labute approximate surface area is 113 Å². The third-order valence-corrected chi connectivity index (χ3v) is 4.77. The molecule has 3 rings (SSSR count). The number of aliphatic hydroxyl groups is 1. The van der Waals surface area contributed by atoms with Crippen LogP contribution in [0.15, 0.2) is 24.3 Å². The van der Waals surface area contributed by atoms with Crippen molar-refractivity contribution in [2.75, 3.05) is 19.6 Å². The van der Waals surface area contributed by atoms with Gasteiger partial charge in [0, 0.05) is 31.6 Å². The zero-order chi connectivity index (χ0) is 13.4. The fourth-order valence-corrected chi connectivity index (χ4v) is 3.71. The van der Waals surface area contributed by atoms with Gasteiger partial charge in [-0.1, -0.05) is 12.1 Å². The minimum absolute atomic E-state index is 0.137. The Morgan fingerprint density at radius 2 is 2.00 bits per heavy atom. The normalized spacial score (nSPS) is 32.5. The summed E-state index contributed by atoms with van der Waals surface area (Å²) in [5.41, 5.74) is 6.98. The van der Waals surface area contributed by atoms with Crippen LogP contribution in [-0.2, 0) is 0 Å². The summed E-state index contributed by atoms with van der Waals surface area (Å²) < 4.78 is 13.0. The molecule has 4 atom stereocenters. The molecule has 2 fully saturated rings. The standard InChI is InChI=1S/C15H21FN2O/c16-12-4-1-10(2-5-12)14(7-17)18-8-11-3-6-15(19)13(11)9-18/h1-2,4-5,11,13-15,19H,3,6-9,17H2. The number of benzene rings is 1. The van der Waals surface area contributed by atoms with Crippen molar-refractivity contribution in [1.29, 1.82) is 0 Å². The van der Waals surface area contributed by atoms with E-state index in [2.05, 4.69) is 4.90 Å². The predicted molar refractivity (Wildman–Crippen MR) is 72.0 cm³/mol. The first-order chi connectivity index (χ1) is 9.19. The van der Waals surface area contributed by atoms with Crippen molar-refractivity contribution in [1.82, 2.24) is 4.90 Å². The summed E-state index contributed by atoms with van der Waals surface area (Å²) in [4.78, 5) is 2.35. The van der Waals surface area contributed by atoms with Gasteiger partial charge in [-0.2, -0.15) is 0 Å². The number of aliphatic hydroxyl groups excluding tert-OH is 1. The second-order valence-electron chi connectivity index (χ2n) is 5.83. The molecular formula is C15H21FN2O. The van der Waals surface area contributed by atoms with Crippen LogP contribution in [0.25, 0.3) is 0 Å². The molecule has 0 amide bonds. The second-order valence-corrected chi connectivity index (χ2v) is 5.83. The minimum atomic E-state index is -0.215. The lowest BCUT2D eigenvalue weighted by Crippen LogP contribution is -2.33. The number of fused-ring (bicyclic) bond motifs is 1. The fourth-order valence-electron chi connectivity index (χ4n) is 3.71. The number of likely N-dealkylation sites (tertiary alicyclic amines) is 1. The van der Waals surface area contributed by atoms with E-state index in [-0.39, 0.29) is 18.0 Å². The van der Waals surface area contributed by atoms with Crippen LogP contribution >= 0.6 is 0 Å². The largest absolute Gasteiger partial charge is 0.393 e. The van der Waals surface area contributed by atoms with Crippen LogP contribution in [-0.4, -0.2) is 35.7 Å². The van der Waals surface area contributed by atoms with Gasteiger partial charge in [0.15, 0.2) is 0 Å². The van der Waals surface area contributed by atoms with Crippen LogP contribution in [0.3, 0.4) is 0 Å². The van der Waals surface area contributed by atoms with Crippen LogP contribution in [0, 0.1) is 17.7 Å². The van der Waals surface area contributed by atoms with Crippen LogP contribution in [0.5, 0.6) is 0 Å². The molecule has 0 spiro atoms. The molecule has 0 aromatic heterocycles. The molecular weight excluding hydrogens is 243 g/mol. The first kappa shape index (κ1) is 13.0. The zero-order valence-corrected chi connectivity index (χ0v) is 11.0. The monoisotopic (exact) mass is 264 g/mol. The molecule has 1 heterocycles. The van der Waals surface area contributed by atoms with Gasteiger partial charge >= 0.3 is 0 Å². The van der Waals surface area contributed by atoms with Crippen LogP contribution in [0.1, 0.15) is 24.4 Å². The Morgan fingerprint density at radius 3 is 2.63 bits per heavy atom. The van der Waals surface area contributed by atoms with Gasteiger partial charge in [0.1, 0.15) is 5.82 Å². The van der Waals surface area contributed by atoms with Gasteiger partial charge in [0.05, 0.1) is 6.10 Å². The van der Waals surface area contributed by atoms with Crippen molar-refractivity contribution in [3.05, 3.63) is 35.6 Å².